The number of rotatable bonds is 7. The average molecular weight is 527 g/mol. The number of aliphatic hydroxyl groups excluding tert-OH is 1. The van der Waals surface area contributed by atoms with Gasteiger partial charge in [-0.15, -0.1) is 11.8 Å². The first-order valence-electron chi connectivity index (χ1n) is 12.4. The summed E-state index contributed by atoms with van der Waals surface area (Å²) in [5, 5.41) is 17.2. The Bertz CT molecular complexity index is 1150. The fourth-order valence-corrected chi connectivity index (χ4v) is 5.59. The number of thioether (sulfide) groups is 1. The normalized spacial score (nSPS) is 18.7. The van der Waals surface area contributed by atoms with E-state index in [2.05, 4.69) is 10.6 Å². The van der Waals surface area contributed by atoms with Gasteiger partial charge < -0.3 is 26.4 Å². The van der Waals surface area contributed by atoms with E-state index >= 15 is 0 Å². The van der Waals surface area contributed by atoms with Crippen LogP contribution in [-0.4, -0.2) is 62.1 Å². The molecule has 0 saturated carbocycles. The summed E-state index contributed by atoms with van der Waals surface area (Å²) in [6.45, 7) is 11.2. The van der Waals surface area contributed by atoms with Crippen molar-refractivity contribution in [1.29, 1.82) is 0 Å². The van der Waals surface area contributed by atoms with Gasteiger partial charge in [0.2, 0.25) is 5.91 Å². The van der Waals surface area contributed by atoms with Crippen LogP contribution >= 0.6 is 11.8 Å². The van der Waals surface area contributed by atoms with Crippen LogP contribution in [0, 0.1) is 6.92 Å². The molecule has 1 aliphatic heterocycles. The first-order chi connectivity index (χ1) is 17.2. The number of amides is 3. The number of hydrogen-bond donors (Lipinski definition) is 4. The molecular formula is C28H38N4O4S. The SMILES string of the molecule is Cc1c(N)cccc1C(=O)N[C@@H](Cc1ccccc1)[C@H](O)C(=O)N1CSC(C)(C)[C@H]1C(=O)NC(C)(C)C. The van der Waals surface area contributed by atoms with Crippen molar-refractivity contribution in [2.75, 3.05) is 11.6 Å². The smallest absolute Gasteiger partial charge is 0.254 e. The third-order valence-electron chi connectivity index (χ3n) is 6.44. The number of benzene rings is 2. The molecule has 1 fully saturated rings. The summed E-state index contributed by atoms with van der Waals surface area (Å²) in [6.07, 6.45) is -1.34. The summed E-state index contributed by atoms with van der Waals surface area (Å²) in [5.74, 6) is -1.05. The van der Waals surface area contributed by atoms with Gasteiger partial charge in [-0.25, -0.2) is 0 Å². The topological polar surface area (TPSA) is 125 Å². The Morgan fingerprint density at radius 2 is 1.78 bits per heavy atom. The van der Waals surface area contributed by atoms with Crippen molar-refractivity contribution in [2.45, 2.75) is 76.4 Å². The van der Waals surface area contributed by atoms with Crippen LogP contribution < -0.4 is 16.4 Å². The minimum absolute atomic E-state index is 0.226. The number of nitrogens with one attached hydrogen (secondary N) is 2. The molecule has 3 rings (SSSR count). The third-order valence-corrected chi connectivity index (χ3v) is 7.82. The quantitative estimate of drug-likeness (QED) is 0.411. The Morgan fingerprint density at radius 3 is 2.41 bits per heavy atom. The van der Waals surface area contributed by atoms with E-state index in [-0.39, 0.29) is 18.2 Å². The second-order valence-electron chi connectivity index (χ2n) is 11.1. The van der Waals surface area contributed by atoms with E-state index in [4.69, 9.17) is 5.73 Å². The molecule has 0 unspecified atom stereocenters. The molecule has 3 amide bonds. The summed E-state index contributed by atoms with van der Waals surface area (Å²) < 4.78 is -0.554. The van der Waals surface area contributed by atoms with Crippen molar-refractivity contribution in [3.8, 4) is 0 Å². The van der Waals surface area contributed by atoms with Gasteiger partial charge in [0.1, 0.15) is 6.04 Å². The Labute approximate surface area is 223 Å². The number of anilines is 1. The monoisotopic (exact) mass is 526 g/mol. The molecule has 37 heavy (non-hydrogen) atoms. The lowest BCUT2D eigenvalue weighted by atomic mass is 9.96. The number of nitrogens with two attached hydrogens (primary N) is 1. The Hall–Kier alpha value is -3.04. The summed E-state index contributed by atoms with van der Waals surface area (Å²) in [6, 6.07) is 12.7. The number of nitrogen functional groups attached to an aromatic ring is 1. The summed E-state index contributed by atoms with van der Waals surface area (Å²) in [5.41, 5.74) is 7.83. The molecule has 0 aromatic heterocycles. The molecule has 2 aromatic rings. The number of nitrogens with zero attached hydrogens (tertiary/aromatic N) is 1. The van der Waals surface area contributed by atoms with Crippen LogP contribution in [0.5, 0.6) is 0 Å². The second kappa shape index (κ2) is 11.1. The lowest BCUT2D eigenvalue weighted by molar-refractivity contribution is -0.147. The molecule has 9 heteroatoms. The number of carbonyl (C=O) groups is 3. The molecule has 0 bridgehead atoms. The Balaban J connectivity index is 1.89. The number of aliphatic hydroxyl groups is 1. The maximum Gasteiger partial charge on any atom is 0.254 e. The van der Waals surface area contributed by atoms with Gasteiger partial charge in [0.05, 0.1) is 11.9 Å². The number of carbonyl (C=O) groups excluding carboxylic acids is 3. The van der Waals surface area contributed by atoms with E-state index in [0.717, 1.165) is 5.56 Å². The van der Waals surface area contributed by atoms with Gasteiger partial charge in [0, 0.05) is 21.5 Å². The van der Waals surface area contributed by atoms with Crippen LogP contribution in [0.25, 0.3) is 0 Å². The first kappa shape index (κ1) is 28.5. The molecule has 1 heterocycles. The van der Waals surface area contributed by atoms with Gasteiger partial charge in [-0.2, -0.15) is 0 Å². The highest BCUT2D eigenvalue weighted by Crippen LogP contribution is 2.40. The Morgan fingerprint density at radius 1 is 1.14 bits per heavy atom. The van der Waals surface area contributed by atoms with Crippen LogP contribution in [-0.2, 0) is 16.0 Å². The first-order valence-corrected chi connectivity index (χ1v) is 13.3. The number of hydrogen-bond acceptors (Lipinski definition) is 6. The maximum absolute atomic E-state index is 13.7. The molecule has 0 aliphatic carbocycles. The highest BCUT2D eigenvalue weighted by atomic mass is 32.2. The summed E-state index contributed by atoms with van der Waals surface area (Å²) in [7, 11) is 0. The van der Waals surface area contributed by atoms with Crippen LogP contribution in [0.15, 0.2) is 48.5 Å². The molecule has 5 N–H and O–H groups in total. The van der Waals surface area contributed by atoms with Gasteiger partial charge in [-0.05, 0) is 71.2 Å². The van der Waals surface area contributed by atoms with Crippen molar-refractivity contribution >= 4 is 35.2 Å². The average Bonchev–Trinajstić information content (AvgIpc) is 3.14. The molecule has 3 atom stereocenters. The summed E-state index contributed by atoms with van der Waals surface area (Å²) in [4.78, 5) is 41.6. The van der Waals surface area contributed by atoms with Crippen LogP contribution in [0.2, 0.25) is 0 Å². The van der Waals surface area contributed by atoms with E-state index in [9.17, 15) is 19.5 Å². The lowest BCUT2D eigenvalue weighted by Gasteiger charge is -2.35. The minimum atomic E-state index is -1.56. The highest BCUT2D eigenvalue weighted by Gasteiger charge is 2.50. The van der Waals surface area contributed by atoms with E-state index in [1.165, 1.54) is 16.7 Å². The molecule has 8 nitrogen and oxygen atoms in total. The van der Waals surface area contributed by atoms with Gasteiger partial charge in [0.25, 0.3) is 11.8 Å². The zero-order valence-corrected chi connectivity index (χ0v) is 23.2. The van der Waals surface area contributed by atoms with E-state index in [1.54, 1.807) is 25.1 Å². The van der Waals surface area contributed by atoms with Crippen molar-refractivity contribution in [1.82, 2.24) is 15.5 Å². The molecule has 1 aliphatic rings. The predicted molar refractivity (Wildman–Crippen MR) is 148 cm³/mol. The molecule has 200 valence electrons. The fraction of sp³-hybridized carbons (Fsp3) is 0.464. The van der Waals surface area contributed by atoms with Crippen molar-refractivity contribution < 1.29 is 19.5 Å². The van der Waals surface area contributed by atoms with Gasteiger partial charge in [-0.3, -0.25) is 14.4 Å². The van der Waals surface area contributed by atoms with Gasteiger partial charge >= 0.3 is 0 Å². The fourth-order valence-electron chi connectivity index (χ4n) is 4.45. The standard InChI is InChI=1S/C28H38N4O4S/c1-17-19(13-10-14-20(17)29)24(34)30-21(15-18-11-8-7-9-12-18)22(33)26(36)32-16-37-28(5,6)23(32)25(35)31-27(2,3)4/h7-14,21-23,33H,15-16,29H2,1-6H3,(H,30,34)(H,31,35)/t21-,22-,23+/m0/s1. The lowest BCUT2D eigenvalue weighted by Crippen LogP contribution is -2.60. The molecule has 0 radical (unpaired) electrons. The van der Waals surface area contributed by atoms with Crippen molar-refractivity contribution in [3.63, 3.8) is 0 Å². The van der Waals surface area contributed by atoms with Crippen molar-refractivity contribution in [2.24, 2.45) is 0 Å². The Kier molecular flexibility index (Phi) is 8.59. The zero-order chi connectivity index (χ0) is 27.5. The maximum atomic E-state index is 13.7. The molecule has 0 spiro atoms. The zero-order valence-electron chi connectivity index (χ0n) is 22.4. The molecular weight excluding hydrogens is 488 g/mol. The largest absolute Gasteiger partial charge is 0.398 e. The van der Waals surface area contributed by atoms with Crippen LogP contribution in [0.3, 0.4) is 0 Å². The third kappa shape index (κ3) is 6.84. The predicted octanol–water partition coefficient (Wildman–Crippen LogP) is 2.87. The van der Waals surface area contributed by atoms with E-state index < -0.39 is 40.3 Å². The molecule has 2 aromatic carbocycles. The van der Waals surface area contributed by atoms with E-state index in [1.807, 2.05) is 65.0 Å². The second-order valence-corrected chi connectivity index (χ2v) is 12.7. The van der Waals surface area contributed by atoms with Crippen LogP contribution in [0.1, 0.15) is 56.1 Å². The summed E-state index contributed by atoms with van der Waals surface area (Å²) >= 11 is 1.48. The van der Waals surface area contributed by atoms with Gasteiger partial charge in [-0.1, -0.05) is 36.4 Å². The van der Waals surface area contributed by atoms with E-state index in [0.29, 0.717) is 16.8 Å². The van der Waals surface area contributed by atoms with Gasteiger partial charge in [0.15, 0.2) is 6.10 Å². The minimum Gasteiger partial charge on any atom is -0.398 e. The molecule has 1 saturated heterocycles. The van der Waals surface area contributed by atoms with Crippen molar-refractivity contribution in [3.05, 3.63) is 65.2 Å². The van der Waals surface area contributed by atoms with Crippen LogP contribution in [0.4, 0.5) is 5.69 Å². The highest BCUT2D eigenvalue weighted by molar-refractivity contribution is 8.00.